The highest BCUT2D eigenvalue weighted by Gasteiger charge is 2.35. The van der Waals surface area contributed by atoms with E-state index >= 15 is 0 Å². The summed E-state index contributed by atoms with van der Waals surface area (Å²) in [5.41, 5.74) is -2.35. The predicted molar refractivity (Wildman–Crippen MR) is 63.4 cm³/mol. The lowest BCUT2D eigenvalue weighted by molar-refractivity contribution is -0.138. The van der Waals surface area contributed by atoms with Gasteiger partial charge in [-0.3, -0.25) is 4.79 Å². The monoisotopic (exact) mass is 296 g/mol. The first kappa shape index (κ1) is 15.6. The molecule has 0 radical (unpaired) electrons. The number of phenols is 1. The van der Waals surface area contributed by atoms with Crippen molar-refractivity contribution in [1.29, 1.82) is 0 Å². The van der Waals surface area contributed by atoms with Gasteiger partial charge in [0.1, 0.15) is 5.75 Å². The van der Waals surface area contributed by atoms with Crippen LogP contribution in [0.3, 0.4) is 0 Å². The highest BCUT2D eigenvalue weighted by atomic mass is 35.5. The molecule has 3 nitrogen and oxygen atoms in total. The first-order valence-corrected chi connectivity index (χ1v) is 5.65. The number of phenolic OH excluding ortho intramolecular Hbond substituents is 1. The van der Waals surface area contributed by atoms with Crippen molar-refractivity contribution < 1.29 is 28.2 Å². The maximum atomic E-state index is 12.7. The zero-order valence-corrected chi connectivity index (χ0v) is 10.9. The number of aliphatic carboxylic acids is 1. The summed E-state index contributed by atoms with van der Waals surface area (Å²) >= 11 is 5.57. The highest BCUT2D eigenvalue weighted by molar-refractivity contribution is 6.32. The van der Waals surface area contributed by atoms with E-state index in [0.717, 1.165) is 6.07 Å². The molecular weight excluding hydrogens is 285 g/mol. The van der Waals surface area contributed by atoms with Crippen LogP contribution >= 0.6 is 11.6 Å². The fourth-order valence-corrected chi connectivity index (χ4v) is 1.97. The van der Waals surface area contributed by atoms with Gasteiger partial charge in [-0.1, -0.05) is 25.4 Å². The van der Waals surface area contributed by atoms with Crippen LogP contribution in [0, 0.1) is 0 Å². The van der Waals surface area contributed by atoms with Crippen LogP contribution in [0.25, 0.3) is 0 Å². The van der Waals surface area contributed by atoms with Crippen molar-refractivity contribution in [2.75, 3.05) is 0 Å². The van der Waals surface area contributed by atoms with E-state index in [9.17, 15) is 23.1 Å². The largest absolute Gasteiger partial charge is 0.506 e. The first-order valence-electron chi connectivity index (χ1n) is 5.27. The Labute approximate surface area is 112 Å². The fourth-order valence-electron chi connectivity index (χ4n) is 1.75. The third kappa shape index (κ3) is 3.53. The molecule has 0 aliphatic rings. The van der Waals surface area contributed by atoms with Gasteiger partial charge in [0.25, 0.3) is 0 Å². The number of alkyl halides is 3. The van der Waals surface area contributed by atoms with Gasteiger partial charge >= 0.3 is 12.1 Å². The maximum absolute atomic E-state index is 12.7. The summed E-state index contributed by atoms with van der Waals surface area (Å²) in [7, 11) is 0. The van der Waals surface area contributed by atoms with Crippen LogP contribution < -0.4 is 0 Å². The summed E-state index contributed by atoms with van der Waals surface area (Å²) in [6.45, 7) is 2.85. The molecule has 0 saturated heterocycles. The molecule has 0 aliphatic heterocycles. The maximum Gasteiger partial charge on any atom is 0.416 e. The molecule has 0 bridgehead atoms. The van der Waals surface area contributed by atoms with Crippen LogP contribution in [-0.2, 0) is 16.4 Å². The number of hydrogen-bond donors (Lipinski definition) is 2. The summed E-state index contributed by atoms with van der Waals surface area (Å²) < 4.78 is 38.0. The van der Waals surface area contributed by atoms with Crippen LogP contribution in [0.15, 0.2) is 12.1 Å². The standard InChI is InChI=1S/C12H12ClF3O3/c1-11(2,5-9(17)18)7-3-6(12(14,15)16)4-8(13)10(7)19/h3-4,19H,5H2,1-2H3,(H,17,18). The molecule has 1 aromatic carbocycles. The number of aromatic hydroxyl groups is 1. The van der Waals surface area contributed by atoms with Gasteiger partial charge in [-0.05, 0) is 12.1 Å². The van der Waals surface area contributed by atoms with Crippen molar-refractivity contribution in [3.8, 4) is 5.75 Å². The number of carbonyl (C=O) groups is 1. The zero-order chi connectivity index (χ0) is 15.0. The van der Waals surface area contributed by atoms with Crippen LogP contribution in [0.1, 0.15) is 31.4 Å². The van der Waals surface area contributed by atoms with Crippen molar-refractivity contribution >= 4 is 17.6 Å². The number of benzene rings is 1. The number of carboxylic acid groups (broad SMARTS) is 1. The van der Waals surface area contributed by atoms with Gasteiger partial charge in [0.05, 0.1) is 17.0 Å². The lowest BCUT2D eigenvalue weighted by atomic mass is 9.80. The number of rotatable bonds is 3. The second-order valence-corrected chi connectivity index (χ2v) is 5.21. The number of hydrogen-bond acceptors (Lipinski definition) is 2. The molecule has 0 heterocycles. The third-order valence-corrected chi connectivity index (χ3v) is 3.00. The van der Waals surface area contributed by atoms with E-state index in [-0.39, 0.29) is 5.56 Å². The summed E-state index contributed by atoms with van der Waals surface area (Å²) in [5, 5.41) is 18.1. The summed E-state index contributed by atoms with van der Waals surface area (Å²) in [6.07, 6.45) is -5.05. The molecule has 0 aliphatic carbocycles. The predicted octanol–water partition coefficient (Wildman–Crippen LogP) is 3.82. The molecule has 7 heteroatoms. The second kappa shape index (κ2) is 4.92. The molecule has 0 fully saturated rings. The van der Waals surface area contributed by atoms with Gasteiger partial charge in [0.15, 0.2) is 0 Å². The Balaban J connectivity index is 3.42. The van der Waals surface area contributed by atoms with Gasteiger partial charge in [-0.25, -0.2) is 0 Å². The van der Waals surface area contributed by atoms with Crippen LogP contribution in [0.5, 0.6) is 5.75 Å². The van der Waals surface area contributed by atoms with Gasteiger partial charge in [0, 0.05) is 11.0 Å². The second-order valence-electron chi connectivity index (χ2n) is 4.81. The van der Waals surface area contributed by atoms with E-state index in [1.165, 1.54) is 13.8 Å². The van der Waals surface area contributed by atoms with Crippen molar-refractivity contribution in [3.05, 3.63) is 28.3 Å². The molecule has 1 aromatic rings. The Morgan fingerprint density at radius 1 is 1.32 bits per heavy atom. The smallest absolute Gasteiger partial charge is 0.416 e. The third-order valence-electron chi connectivity index (χ3n) is 2.71. The lowest BCUT2D eigenvalue weighted by Gasteiger charge is -2.25. The minimum absolute atomic E-state index is 0.144. The minimum atomic E-state index is -4.62. The Bertz CT molecular complexity index is 510. The number of carboxylic acids is 1. The molecule has 19 heavy (non-hydrogen) atoms. The molecule has 0 unspecified atom stereocenters. The molecular formula is C12H12ClF3O3. The van der Waals surface area contributed by atoms with E-state index in [1.807, 2.05) is 0 Å². The van der Waals surface area contributed by atoms with Crippen LogP contribution in [0.2, 0.25) is 5.02 Å². The summed E-state index contributed by atoms with van der Waals surface area (Å²) in [5.74, 6) is -1.71. The lowest BCUT2D eigenvalue weighted by Crippen LogP contribution is -2.22. The Hall–Kier alpha value is -1.43. The molecule has 2 N–H and O–H groups in total. The first-order chi connectivity index (χ1) is 8.45. The summed E-state index contributed by atoms with van der Waals surface area (Å²) in [4.78, 5) is 10.7. The van der Waals surface area contributed by atoms with E-state index in [0.29, 0.717) is 6.07 Å². The van der Waals surface area contributed by atoms with Crippen molar-refractivity contribution in [2.24, 2.45) is 0 Å². The van der Waals surface area contributed by atoms with E-state index in [1.54, 1.807) is 0 Å². The minimum Gasteiger partial charge on any atom is -0.506 e. The Kier molecular flexibility index (Phi) is 4.05. The van der Waals surface area contributed by atoms with Gasteiger partial charge < -0.3 is 10.2 Å². The van der Waals surface area contributed by atoms with Gasteiger partial charge in [-0.15, -0.1) is 0 Å². The van der Waals surface area contributed by atoms with E-state index in [2.05, 4.69) is 0 Å². The van der Waals surface area contributed by atoms with Gasteiger partial charge in [-0.2, -0.15) is 13.2 Å². The molecule has 106 valence electrons. The zero-order valence-electron chi connectivity index (χ0n) is 10.2. The Morgan fingerprint density at radius 2 is 1.84 bits per heavy atom. The molecule has 0 amide bonds. The van der Waals surface area contributed by atoms with Crippen molar-refractivity contribution in [3.63, 3.8) is 0 Å². The molecule has 1 rings (SSSR count). The Morgan fingerprint density at radius 3 is 2.26 bits per heavy atom. The topological polar surface area (TPSA) is 57.5 Å². The van der Waals surface area contributed by atoms with Gasteiger partial charge in [0.2, 0.25) is 0 Å². The van der Waals surface area contributed by atoms with E-state index < -0.39 is 40.3 Å². The average Bonchev–Trinajstić information content (AvgIpc) is 2.17. The van der Waals surface area contributed by atoms with Crippen molar-refractivity contribution in [1.82, 2.24) is 0 Å². The molecule has 0 aromatic heterocycles. The molecule has 0 spiro atoms. The fraction of sp³-hybridized carbons (Fsp3) is 0.417. The quantitative estimate of drug-likeness (QED) is 0.891. The molecule has 0 atom stereocenters. The molecule has 0 saturated carbocycles. The average molecular weight is 297 g/mol. The SMILES string of the molecule is CC(C)(CC(=O)O)c1cc(C(F)(F)F)cc(Cl)c1O. The normalized spacial score (nSPS) is 12.5. The number of halogens is 4. The van der Waals surface area contributed by atoms with Crippen LogP contribution in [-0.4, -0.2) is 16.2 Å². The highest BCUT2D eigenvalue weighted by Crippen LogP contribution is 2.42. The summed E-state index contributed by atoms with van der Waals surface area (Å²) in [6, 6.07) is 1.33. The van der Waals surface area contributed by atoms with Crippen molar-refractivity contribution in [2.45, 2.75) is 31.9 Å². The van der Waals surface area contributed by atoms with E-state index in [4.69, 9.17) is 16.7 Å². The van der Waals surface area contributed by atoms with Crippen LogP contribution in [0.4, 0.5) is 13.2 Å².